The van der Waals surface area contributed by atoms with Crippen molar-refractivity contribution >= 4 is 11.9 Å². The van der Waals surface area contributed by atoms with Crippen molar-refractivity contribution in [3.05, 3.63) is 35.4 Å². The highest BCUT2D eigenvalue weighted by atomic mass is 16.5. The highest BCUT2D eigenvalue weighted by molar-refractivity contribution is 5.81. The van der Waals surface area contributed by atoms with Crippen molar-refractivity contribution in [2.75, 3.05) is 19.7 Å². The average Bonchev–Trinajstić information content (AvgIpc) is 3.00. The first-order valence-electron chi connectivity index (χ1n) is 10.5. The molecule has 2 aliphatic carbocycles. The van der Waals surface area contributed by atoms with Gasteiger partial charge in [-0.3, -0.25) is 9.59 Å². The lowest BCUT2D eigenvalue weighted by Crippen LogP contribution is -2.52. The van der Waals surface area contributed by atoms with Crippen LogP contribution >= 0.6 is 0 Å². The number of ether oxygens (including phenoxy) is 1. The molecule has 0 bridgehead atoms. The number of piperidine rings is 1. The molecule has 0 N–H and O–H groups in total. The van der Waals surface area contributed by atoms with Gasteiger partial charge >= 0.3 is 5.97 Å². The van der Waals surface area contributed by atoms with Crippen LogP contribution in [0.1, 0.15) is 62.0 Å². The van der Waals surface area contributed by atoms with Crippen LogP contribution in [0.4, 0.5) is 0 Å². The number of hydrogen-bond acceptors (Lipinski definition) is 3. The van der Waals surface area contributed by atoms with Gasteiger partial charge in [0.25, 0.3) is 0 Å². The van der Waals surface area contributed by atoms with E-state index in [0.29, 0.717) is 30.3 Å². The summed E-state index contributed by atoms with van der Waals surface area (Å²) in [6.45, 7) is 4.52. The van der Waals surface area contributed by atoms with Gasteiger partial charge in [-0.2, -0.15) is 0 Å². The molecule has 2 saturated carbocycles. The number of carbonyl (C=O) groups excluding carboxylic acids is 2. The molecule has 1 aromatic carbocycles. The Morgan fingerprint density at radius 2 is 1.85 bits per heavy atom. The summed E-state index contributed by atoms with van der Waals surface area (Å²) in [4.78, 5) is 26.3. The van der Waals surface area contributed by atoms with E-state index in [9.17, 15) is 9.59 Å². The van der Waals surface area contributed by atoms with Crippen LogP contribution in [0.5, 0.6) is 0 Å². The lowest BCUT2D eigenvalue weighted by molar-refractivity contribution is -0.147. The van der Waals surface area contributed by atoms with Gasteiger partial charge in [0.05, 0.1) is 13.0 Å². The van der Waals surface area contributed by atoms with Crippen LogP contribution in [-0.2, 0) is 14.3 Å². The van der Waals surface area contributed by atoms with E-state index in [1.54, 1.807) is 0 Å². The summed E-state index contributed by atoms with van der Waals surface area (Å²) in [5.74, 6) is 1.06. The molecule has 144 valence electrons. The molecule has 0 unspecified atom stereocenters. The summed E-state index contributed by atoms with van der Waals surface area (Å²) in [7, 11) is 0. The summed E-state index contributed by atoms with van der Waals surface area (Å²) < 4.78 is 5.12. The maximum absolute atomic E-state index is 12.8. The molecule has 0 aromatic heterocycles. The molecule has 0 radical (unpaired) electrons. The fourth-order valence-electron chi connectivity index (χ4n) is 6.08. The summed E-state index contributed by atoms with van der Waals surface area (Å²) in [6, 6.07) is 8.94. The van der Waals surface area contributed by atoms with Gasteiger partial charge in [-0.1, -0.05) is 29.8 Å². The zero-order valence-corrected chi connectivity index (χ0v) is 16.2. The number of nitrogens with zero attached hydrogens (tertiary/aromatic N) is 1. The lowest BCUT2D eigenvalue weighted by Gasteiger charge is -2.53. The monoisotopic (exact) mass is 367 g/mol. The molecule has 2 spiro atoms. The second-order valence-electron chi connectivity index (χ2n) is 9.79. The van der Waals surface area contributed by atoms with Gasteiger partial charge in [0.2, 0.25) is 5.91 Å². The first-order valence-corrected chi connectivity index (χ1v) is 10.5. The molecule has 2 heterocycles. The molecule has 4 aliphatic rings. The van der Waals surface area contributed by atoms with Crippen LogP contribution in [0.2, 0.25) is 0 Å². The SMILES string of the molecule is Cc1cccc(C2CC3(CCN(C(=O)C4CC5(COC(=O)C5)C4)CC3)C2)c1. The van der Waals surface area contributed by atoms with E-state index in [1.165, 1.54) is 24.0 Å². The third kappa shape index (κ3) is 2.97. The number of esters is 1. The number of cyclic esters (lactones) is 1. The Hall–Kier alpha value is -1.84. The second kappa shape index (κ2) is 6.08. The molecule has 5 rings (SSSR count). The molecule has 1 aromatic rings. The Balaban J connectivity index is 1.12. The van der Waals surface area contributed by atoms with Crippen molar-refractivity contribution < 1.29 is 14.3 Å². The van der Waals surface area contributed by atoms with Gasteiger partial charge in [0.1, 0.15) is 0 Å². The number of benzene rings is 1. The van der Waals surface area contributed by atoms with Gasteiger partial charge in [0, 0.05) is 24.4 Å². The highest BCUT2D eigenvalue weighted by Gasteiger charge is 2.54. The largest absolute Gasteiger partial charge is 0.465 e. The van der Waals surface area contributed by atoms with Crippen molar-refractivity contribution in [1.29, 1.82) is 0 Å². The Kier molecular flexibility index (Phi) is 3.89. The lowest BCUT2D eigenvalue weighted by atomic mass is 9.55. The Labute approximate surface area is 161 Å². The van der Waals surface area contributed by atoms with E-state index >= 15 is 0 Å². The normalized spacial score (nSPS) is 28.7. The average molecular weight is 367 g/mol. The molecule has 4 fully saturated rings. The van der Waals surface area contributed by atoms with Crippen LogP contribution in [0.15, 0.2) is 24.3 Å². The van der Waals surface area contributed by atoms with Crippen LogP contribution in [0.25, 0.3) is 0 Å². The standard InChI is InChI=1S/C23H29NO3/c1-16-3-2-4-17(9-16)18-10-22(11-18)5-7-24(8-6-22)21(26)19-12-23(13-19)14-20(25)27-15-23/h2-4,9,18-19H,5-8,10-15H2,1H3. The number of aryl methyl sites for hydroxylation is 1. The smallest absolute Gasteiger partial charge is 0.306 e. The minimum Gasteiger partial charge on any atom is -0.465 e. The summed E-state index contributed by atoms with van der Waals surface area (Å²) >= 11 is 0. The number of hydrogen-bond donors (Lipinski definition) is 0. The number of rotatable bonds is 2. The summed E-state index contributed by atoms with van der Waals surface area (Å²) in [5, 5.41) is 0. The number of amides is 1. The van der Waals surface area contributed by atoms with E-state index in [4.69, 9.17) is 4.74 Å². The molecule has 4 heteroatoms. The van der Waals surface area contributed by atoms with E-state index < -0.39 is 0 Å². The van der Waals surface area contributed by atoms with Crippen molar-refractivity contribution in [1.82, 2.24) is 4.90 Å². The van der Waals surface area contributed by atoms with E-state index in [-0.39, 0.29) is 17.3 Å². The Morgan fingerprint density at radius 3 is 2.48 bits per heavy atom. The van der Waals surface area contributed by atoms with Crippen LogP contribution in [0, 0.1) is 23.7 Å². The Bertz CT molecular complexity index is 764. The zero-order valence-electron chi connectivity index (χ0n) is 16.2. The maximum atomic E-state index is 12.8. The third-order valence-electron chi connectivity index (χ3n) is 7.77. The second-order valence-corrected chi connectivity index (χ2v) is 9.79. The highest BCUT2D eigenvalue weighted by Crippen LogP contribution is 2.57. The van der Waals surface area contributed by atoms with Gasteiger partial charge in [0.15, 0.2) is 0 Å². The molecular formula is C23H29NO3. The van der Waals surface area contributed by atoms with Crippen molar-refractivity contribution in [3.63, 3.8) is 0 Å². The first-order chi connectivity index (χ1) is 13.0. The maximum Gasteiger partial charge on any atom is 0.306 e. The predicted molar refractivity (Wildman–Crippen MR) is 102 cm³/mol. The van der Waals surface area contributed by atoms with E-state index in [2.05, 4.69) is 36.1 Å². The van der Waals surface area contributed by atoms with E-state index in [1.807, 2.05) is 0 Å². The van der Waals surface area contributed by atoms with Crippen LogP contribution in [-0.4, -0.2) is 36.5 Å². The van der Waals surface area contributed by atoms with Crippen molar-refractivity contribution in [2.45, 2.75) is 57.8 Å². The summed E-state index contributed by atoms with van der Waals surface area (Å²) in [6.07, 6.45) is 7.07. The number of likely N-dealkylation sites (tertiary alicyclic amines) is 1. The molecular weight excluding hydrogens is 338 g/mol. The van der Waals surface area contributed by atoms with Gasteiger partial charge < -0.3 is 9.64 Å². The minimum absolute atomic E-state index is 0.0105. The quantitative estimate of drug-likeness (QED) is 0.747. The molecule has 0 atom stereocenters. The molecule has 2 aliphatic heterocycles. The minimum atomic E-state index is -0.0889. The van der Waals surface area contributed by atoms with Crippen LogP contribution in [0.3, 0.4) is 0 Å². The van der Waals surface area contributed by atoms with Gasteiger partial charge in [-0.15, -0.1) is 0 Å². The molecule has 4 nitrogen and oxygen atoms in total. The molecule has 2 saturated heterocycles. The van der Waals surface area contributed by atoms with Crippen molar-refractivity contribution in [3.8, 4) is 0 Å². The van der Waals surface area contributed by atoms with Crippen LogP contribution < -0.4 is 0 Å². The molecule has 27 heavy (non-hydrogen) atoms. The predicted octanol–water partition coefficient (Wildman–Crippen LogP) is 3.82. The fraction of sp³-hybridized carbons (Fsp3) is 0.652. The first kappa shape index (κ1) is 17.3. The van der Waals surface area contributed by atoms with Crippen molar-refractivity contribution in [2.24, 2.45) is 16.7 Å². The van der Waals surface area contributed by atoms with Gasteiger partial charge in [-0.25, -0.2) is 0 Å². The third-order valence-corrected chi connectivity index (χ3v) is 7.77. The topological polar surface area (TPSA) is 46.6 Å². The summed E-state index contributed by atoms with van der Waals surface area (Å²) in [5.41, 5.74) is 3.30. The fourth-order valence-corrected chi connectivity index (χ4v) is 6.08. The molecule has 1 amide bonds. The Morgan fingerprint density at radius 1 is 1.11 bits per heavy atom. The zero-order chi connectivity index (χ0) is 18.6. The van der Waals surface area contributed by atoms with E-state index in [0.717, 1.165) is 38.8 Å². The number of carbonyl (C=O) groups is 2. The van der Waals surface area contributed by atoms with Gasteiger partial charge in [-0.05, 0) is 62.3 Å².